The van der Waals surface area contributed by atoms with Gasteiger partial charge in [0.15, 0.2) is 0 Å². The van der Waals surface area contributed by atoms with Crippen molar-refractivity contribution in [2.24, 2.45) is 0 Å². The minimum atomic E-state index is -0.445. The molecule has 3 heterocycles. The van der Waals surface area contributed by atoms with Gasteiger partial charge >= 0.3 is 0 Å². The average molecular weight is 419 g/mol. The Kier molecular flexibility index (Phi) is 5.84. The van der Waals surface area contributed by atoms with Gasteiger partial charge in [-0.15, -0.1) is 0 Å². The number of nitrogens with zero attached hydrogens (tertiary/aromatic N) is 5. The predicted octanol–water partition coefficient (Wildman–Crippen LogP) is 2.67. The van der Waals surface area contributed by atoms with Gasteiger partial charge in [0.2, 0.25) is 5.95 Å². The molecular formula is C22H25N7O2. The van der Waals surface area contributed by atoms with E-state index >= 15 is 0 Å². The van der Waals surface area contributed by atoms with Crippen molar-refractivity contribution in [1.82, 2.24) is 19.7 Å². The SMILES string of the molecule is COCCCn1nccc1Nc1nccc(-c2cc(C#N)c3c(c2)[C@@](C)(CO)CN3)n1. The zero-order valence-electron chi connectivity index (χ0n) is 17.6. The first kappa shape index (κ1) is 20.8. The molecule has 1 atom stereocenters. The highest BCUT2D eigenvalue weighted by atomic mass is 16.5. The Labute approximate surface area is 180 Å². The number of aliphatic hydroxyl groups is 1. The Bertz CT molecular complexity index is 1120. The number of ether oxygens (including phenoxy) is 1. The molecule has 0 saturated heterocycles. The maximum atomic E-state index is 9.91. The van der Waals surface area contributed by atoms with Crippen LogP contribution in [0.2, 0.25) is 0 Å². The van der Waals surface area contributed by atoms with Crippen LogP contribution < -0.4 is 10.6 Å². The zero-order valence-corrected chi connectivity index (χ0v) is 17.6. The molecule has 1 aromatic carbocycles. The van der Waals surface area contributed by atoms with E-state index in [2.05, 4.69) is 31.8 Å². The topological polar surface area (TPSA) is 121 Å². The predicted molar refractivity (Wildman–Crippen MR) is 117 cm³/mol. The van der Waals surface area contributed by atoms with Crippen molar-refractivity contribution in [2.45, 2.75) is 25.3 Å². The number of nitrogens with one attached hydrogen (secondary N) is 2. The van der Waals surface area contributed by atoms with E-state index in [1.54, 1.807) is 19.5 Å². The monoisotopic (exact) mass is 419 g/mol. The molecule has 3 N–H and O–H groups in total. The number of nitriles is 1. The molecule has 1 aliphatic heterocycles. The third kappa shape index (κ3) is 4.08. The number of aliphatic hydroxyl groups excluding tert-OH is 1. The van der Waals surface area contributed by atoms with Crippen molar-refractivity contribution in [3.8, 4) is 17.3 Å². The number of methoxy groups -OCH3 is 1. The largest absolute Gasteiger partial charge is 0.395 e. The van der Waals surface area contributed by atoms with Crippen LogP contribution in [0.25, 0.3) is 11.3 Å². The molecular weight excluding hydrogens is 394 g/mol. The lowest BCUT2D eigenvalue weighted by molar-refractivity contribution is 0.189. The van der Waals surface area contributed by atoms with Crippen LogP contribution in [-0.2, 0) is 16.7 Å². The lowest BCUT2D eigenvalue weighted by atomic mass is 9.83. The first-order valence-electron chi connectivity index (χ1n) is 10.1. The fourth-order valence-corrected chi connectivity index (χ4v) is 3.73. The standard InChI is InChI=1S/C22H25N7O2/c1-22(14-30)13-25-20-16(12-23)10-15(11-17(20)22)18-4-6-24-21(27-18)28-19-5-7-26-29(19)8-3-9-31-2/h4-7,10-11,25,30H,3,8-9,13-14H2,1-2H3,(H,24,27,28)/t22-/m1/s1. The van der Waals surface area contributed by atoms with Crippen molar-refractivity contribution in [3.63, 3.8) is 0 Å². The van der Waals surface area contributed by atoms with E-state index in [4.69, 9.17) is 4.74 Å². The molecule has 0 fully saturated rings. The molecule has 0 aliphatic carbocycles. The summed E-state index contributed by atoms with van der Waals surface area (Å²) in [6.07, 6.45) is 4.25. The van der Waals surface area contributed by atoms with Crippen LogP contribution in [0.1, 0.15) is 24.5 Å². The van der Waals surface area contributed by atoms with Crippen LogP contribution in [0.5, 0.6) is 0 Å². The van der Waals surface area contributed by atoms with E-state index in [1.807, 2.05) is 35.9 Å². The number of hydrogen-bond acceptors (Lipinski definition) is 8. The molecule has 0 unspecified atom stereocenters. The van der Waals surface area contributed by atoms with E-state index in [1.165, 1.54) is 0 Å². The van der Waals surface area contributed by atoms with Crippen LogP contribution in [0.4, 0.5) is 17.5 Å². The first-order chi connectivity index (χ1) is 15.1. The first-order valence-corrected chi connectivity index (χ1v) is 10.1. The number of rotatable bonds is 8. The maximum Gasteiger partial charge on any atom is 0.228 e. The Balaban J connectivity index is 1.64. The normalized spacial score (nSPS) is 17.1. The minimum Gasteiger partial charge on any atom is -0.395 e. The average Bonchev–Trinajstić information content (AvgIpc) is 3.38. The summed E-state index contributed by atoms with van der Waals surface area (Å²) in [7, 11) is 1.68. The second kappa shape index (κ2) is 8.71. The molecule has 0 bridgehead atoms. The number of aromatic nitrogens is 4. The van der Waals surface area contributed by atoms with Crippen LogP contribution in [0.3, 0.4) is 0 Å². The summed E-state index contributed by atoms with van der Waals surface area (Å²) in [6.45, 7) is 3.93. The van der Waals surface area contributed by atoms with Crippen molar-refractivity contribution in [3.05, 3.63) is 47.8 Å². The van der Waals surface area contributed by atoms with Gasteiger partial charge in [-0.2, -0.15) is 10.4 Å². The summed E-state index contributed by atoms with van der Waals surface area (Å²) in [4.78, 5) is 8.98. The van der Waals surface area contributed by atoms with E-state index < -0.39 is 5.41 Å². The fourth-order valence-electron chi connectivity index (χ4n) is 3.73. The lowest BCUT2D eigenvalue weighted by Crippen LogP contribution is -2.28. The number of anilines is 3. The Morgan fingerprint density at radius 2 is 2.23 bits per heavy atom. The fraction of sp³-hybridized carbons (Fsp3) is 0.364. The second-order valence-electron chi connectivity index (χ2n) is 7.81. The Hall–Kier alpha value is -3.48. The molecule has 2 aromatic heterocycles. The van der Waals surface area contributed by atoms with Crippen LogP contribution in [0, 0.1) is 11.3 Å². The van der Waals surface area contributed by atoms with Gasteiger partial charge < -0.3 is 20.5 Å². The maximum absolute atomic E-state index is 9.91. The summed E-state index contributed by atoms with van der Waals surface area (Å²) >= 11 is 0. The molecule has 0 spiro atoms. The van der Waals surface area contributed by atoms with Gasteiger partial charge in [0.1, 0.15) is 11.9 Å². The van der Waals surface area contributed by atoms with Crippen LogP contribution in [0.15, 0.2) is 36.7 Å². The van der Waals surface area contributed by atoms with Crippen molar-refractivity contribution >= 4 is 17.5 Å². The highest BCUT2D eigenvalue weighted by Gasteiger charge is 2.35. The molecule has 0 amide bonds. The Morgan fingerprint density at radius 1 is 1.35 bits per heavy atom. The van der Waals surface area contributed by atoms with E-state index in [0.717, 1.165) is 29.1 Å². The van der Waals surface area contributed by atoms with Gasteiger partial charge in [-0.3, -0.25) is 0 Å². The van der Waals surface area contributed by atoms with Gasteiger partial charge in [-0.25, -0.2) is 14.6 Å². The number of hydrogen-bond donors (Lipinski definition) is 3. The third-order valence-electron chi connectivity index (χ3n) is 5.54. The summed E-state index contributed by atoms with van der Waals surface area (Å²) < 4.78 is 6.95. The van der Waals surface area contributed by atoms with Gasteiger partial charge in [0.05, 0.1) is 29.7 Å². The molecule has 1 aliphatic rings. The summed E-state index contributed by atoms with van der Waals surface area (Å²) in [5.74, 6) is 1.23. The summed E-state index contributed by atoms with van der Waals surface area (Å²) in [6, 6.07) is 9.74. The number of benzene rings is 1. The van der Waals surface area contributed by atoms with Crippen molar-refractivity contribution in [1.29, 1.82) is 5.26 Å². The molecule has 0 radical (unpaired) electrons. The van der Waals surface area contributed by atoms with E-state index in [9.17, 15) is 10.4 Å². The molecule has 4 rings (SSSR count). The molecule has 0 saturated carbocycles. The smallest absolute Gasteiger partial charge is 0.228 e. The molecule has 31 heavy (non-hydrogen) atoms. The number of aryl methyl sites for hydroxylation is 1. The van der Waals surface area contributed by atoms with Gasteiger partial charge in [0.25, 0.3) is 0 Å². The summed E-state index contributed by atoms with van der Waals surface area (Å²) in [5.41, 5.74) is 3.30. The van der Waals surface area contributed by atoms with E-state index in [0.29, 0.717) is 36.9 Å². The van der Waals surface area contributed by atoms with Crippen molar-refractivity contribution in [2.75, 3.05) is 37.5 Å². The van der Waals surface area contributed by atoms with Gasteiger partial charge in [0, 0.05) is 50.0 Å². The second-order valence-corrected chi connectivity index (χ2v) is 7.81. The summed E-state index contributed by atoms with van der Waals surface area (Å²) in [5, 5.41) is 30.4. The highest BCUT2D eigenvalue weighted by molar-refractivity contribution is 5.76. The lowest BCUT2D eigenvalue weighted by Gasteiger charge is -2.21. The Morgan fingerprint density at radius 3 is 3.00 bits per heavy atom. The van der Waals surface area contributed by atoms with Gasteiger partial charge in [-0.05, 0) is 30.2 Å². The quantitative estimate of drug-likeness (QED) is 0.477. The zero-order chi connectivity index (χ0) is 21.8. The van der Waals surface area contributed by atoms with Crippen LogP contribution >= 0.6 is 0 Å². The highest BCUT2D eigenvalue weighted by Crippen LogP contribution is 2.41. The van der Waals surface area contributed by atoms with E-state index in [-0.39, 0.29) is 6.61 Å². The molecule has 160 valence electrons. The van der Waals surface area contributed by atoms with Gasteiger partial charge in [-0.1, -0.05) is 6.92 Å². The van der Waals surface area contributed by atoms with Crippen LogP contribution in [-0.4, -0.2) is 51.7 Å². The minimum absolute atomic E-state index is 0.00897. The molecule has 9 nitrogen and oxygen atoms in total. The number of fused-ring (bicyclic) bond motifs is 1. The van der Waals surface area contributed by atoms with Crippen molar-refractivity contribution < 1.29 is 9.84 Å². The molecule has 3 aromatic rings. The third-order valence-corrected chi connectivity index (χ3v) is 5.54. The molecule has 9 heteroatoms.